The van der Waals surface area contributed by atoms with Crippen molar-refractivity contribution < 1.29 is 30.3 Å². The Balaban J connectivity index is 1.34. The second-order valence-corrected chi connectivity index (χ2v) is 10.0. The van der Waals surface area contributed by atoms with Gasteiger partial charge in [-0.05, 0) is 42.3 Å². The van der Waals surface area contributed by atoms with Crippen LogP contribution in [0.3, 0.4) is 0 Å². The lowest BCUT2D eigenvalue weighted by molar-refractivity contribution is -0.112. The van der Waals surface area contributed by atoms with Crippen molar-refractivity contribution in [2.75, 3.05) is 31.6 Å². The van der Waals surface area contributed by atoms with Gasteiger partial charge in [0, 0.05) is 60.1 Å². The van der Waals surface area contributed by atoms with Crippen molar-refractivity contribution in [2.24, 2.45) is 5.73 Å². The van der Waals surface area contributed by atoms with E-state index in [4.69, 9.17) is 16.2 Å². The quantitative estimate of drug-likeness (QED) is 0.0748. The number of nitrogen functional groups attached to an aromatic ring is 1. The number of amides is 1. The third-order valence-electron chi connectivity index (χ3n) is 6.95. The van der Waals surface area contributed by atoms with Crippen molar-refractivity contribution in [1.29, 1.82) is 5.41 Å². The zero-order valence-corrected chi connectivity index (χ0v) is 23.0. The van der Waals surface area contributed by atoms with Crippen LogP contribution in [0.15, 0.2) is 60.9 Å². The predicted octanol–water partition coefficient (Wildman–Crippen LogP) is -0.246. The lowest BCUT2D eigenvalue weighted by Crippen LogP contribution is -2.49. The summed E-state index contributed by atoms with van der Waals surface area (Å²) in [6, 6.07) is 14.4. The van der Waals surface area contributed by atoms with Crippen molar-refractivity contribution in [1.82, 2.24) is 20.3 Å². The average molecular weight is 578 g/mol. The van der Waals surface area contributed by atoms with E-state index in [1.165, 1.54) is 11.1 Å². The largest absolute Gasteiger partial charge is 0.394 e. The summed E-state index contributed by atoms with van der Waals surface area (Å²) in [6.07, 6.45) is -2.62. The number of hydrogen-bond donors (Lipinski definition) is 9. The van der Waals surface area contributed by atoms with Crippen molar-refractivity contribution in [2.45, 2.75) is 30.8 Å². The Labute approximate surface area is 241 Å². The Morgan fingerprint density at radius 1 is 1.07 bits per heavy atom. The van der Waals surface area contributed by atoms with Crippen LogP contribution < -0.4 is 16.0 Å². The summed E-state index contributed by atoms with van der Waals surface area (Å²) in [6.45, 7) is -0.499. The molecule has 0 unspecified atom stereocenters. The van der Waals surface area contributed by atoms with Gasteiger partial charge in [-0.1, -0.05) is 18.2 Å². The van der Waals surface area contributed by atoms with E-state index >= 15 is 0 Å². The molecule has 13 heteroatoms. The Bertz CT molecular complexity index is 1530. The fourth-order valence-corrected chi connectivity index (χ4v) is 4.49. The third-order valence-corrected chi connectivity index (χ3v) is 6.95. The molecule has 0 saturated carbocycles. The number of carbonyl (C=O) groups is 1. The number of anilines is 1. The van der Waals surface area contributed by atoms with Gasteiger partial charge in [-0.15, -0.1) is 0 Å². The smallest absolute Gasteiger partial charge is 0.251 e. The first-order valence-corrected chi connectivity index (χ1v) is 13.3. The van der Waals surface area contributed by atoms with Gasteiger partial charge in [0.25, 0.3) is 5.91 Å². The molecule has 42 heavy (non-hydrogen) atoms. The number of aliphatic hydroxyl groups is 5. The first-order valence-electron chi connectivity index (χ1n) is 13.3. The van der Waals surface area contributed by atoms with Crippen molar-refractivity contribution in [3.63, 3.8) is 0 Å². The van der Waals surface area contributed by atoms with Crippen LogP contribution >= 0.6 is 0 Å². The second kappa shape index (κ2) is 13.5. The molecule has 2 aromatic carbocycles. The molecular weight excluding hydrogens is 542 g/mol. The normalized spacial score (nSPS) is 14.2. The van der Waals surface area contributed by atoms with Gasteiger partial charge in [0.1, 0.15) is 30.3 Å². The van der Waals surface area contributed by atoms with Gasteiger partial charge in [-0.25, -0.2) is 9.97 Å². The minimum absolute atomic E-state index is 0.00781. The molecule has 4 rings (SSSR count). The second-order valence-electron chi connectivity index (χ2n) is 10.0. The molecule has 4 aromatic rings. The molecular formula is C29H35N7O6. The van der Waals surface area contributed by atoms with Crippen LogP contribution in [0.5, 0.6) is 0 Å². The number of hydrogen-bond acceptors (Lipinski definition) is 10. The molecule has 0 aliphatic rings. The van der Waals surface area contributed by atoms with Crippen molar-refractivity contribution in [3.05, 3.63) is 77.6 Å². The number of aromatic nitrogens is 3. The highest BCUT2D eigenvalue weighted by Gasteiger charge is 2.31. The van der Waals surface area contributed by atoms with Crippen LogP contribution in [-0.2, 0) is 6.42 Å². The molecule has 0 saturated heterocycles. The van der Waals surface area contributed by atoms with Gasteiger partial charge >= 0.3 is 0 Å². The van der Waals surface area contributed by atoms with E-state index in [2.05, 4.69) is 20.3 Å². The van der Waals surface area contributed by atoms with Crippen LogP contribution in [0, 0.1) is 5.41 Å². The van der Waals surface area contributed by atoms with Gasteiger partial charge in [-0.3, -0.25) is 10.2 Å². The highest BCUT2D eigenvalue weighted by molar-refractivity contribution is 6.07. The number of aliphatic hydroxyl groups excluding tert-OH is 5. The predicted molar refractivity (Wildman–Crippen MR) is 157 cm³/mol. The lowest BCUT2D eigenvalue weighted by Gasteiger charge is -2.28. The highest BCUT2D eigenvalue weighted by atomic mass is 16.4. The fraction of sp³-hybridized carbons (Fsp3) is 0.310. The maximum Gasteiger partial charge on any atom is 0.251 e. The first-order chi connectivity index (χ1) is 20.1. The number of fused-ring (bicyclic) bond motifs is 1. The molecule has 2 aromatic heterocycles. The topological polar surface area (TPSA) is 225 Å². The number of amidine groups is 1. The zero-order chi connectivity index (χ0) is 30.4. The van der Waals surface area contributed by atoms with Crippen LogP contribution in [0.4, 0.5) is 5.95 Å². The Morgan fingerprint density at radius 3 is 2.48 bits per heavy atom. The van der Waals surface area contributed by atoms with E-state index in [9.17, 15) is 25.2 Å². The van der Waals surface area contributed by atoms with Crippen LogP contribution in [-0.4, -0.2) is 103 Å². The zero-order valence-electron chi connectivity index (χ0n) is 23.0. The molecule has 222 valence electrons. The van der Waals surface area contributed by atoms with E-state index in [-0.39, 0.29) is 24.2 Å². The molecule has 1 amide bonds. The number of nitrogens with zero attached hydrogens (tertiary/aromatic N) is 3. The number of rotatable bonds is 13. The van der Waals surface area contributed by atoms with E-state index in [0.717, 1.165) is 22.0 Å². The number of nitrogens with two attached hydrogens (primary N) is 1. The van der Waals surface area contributed by atoms with Crippen LogP contribution in [0.1, 0.15) is 21.5 Å². The minimum atomic E-state index is -1.73. The number of benzene rings is 2. The summed E-state index contributed by atoms with van der Waals surface area (Å²) in [5, 5.41) is 60.1. The molecule has 0 fully saturated rings. The Morgan fingerprint density at radius 2 is 1.79 bits per heavy atom. The molecule has 13 nitrogen and oxygen atoms in total. The molecule has 0 spiro atoms. The van der Waals surface area contributed by atoms with Gasteiger partial charge in [0.15, 0.2) is 0 Å². The molecule has 0 radical (unpaired) electrons. The number of H-pyrrole nitrogens is 1. The average Bonchev–Trinajstić information content (AvgIpc) is 3.43. The van der Waals surface area contributed by atoms with Crippen molar-refractivity contribution in [3.8, 4) is 11.3 Å². The van der Waals surface area contributed by atoms with E-state index in [1.54, 1.807) is 43.6 Å². The van der Waals surface area contributed by atoms with E-state index < -0.39 is 31.0 Å². The summed E-state index contributed by atoms with van der Waals surface area (Å²) in [4.78, 5) is 26.0. The maximum atomic E-state index is 12.7. The molecule has 2 heterocycles. The third kappa shape index (κ3) is 7.08. The Kier molecular flexibility index (Phi) is 9.83. The van der Waals surface area contributed by atoms with Gasteiger partial charge in [0.05, 0.1) is 12.3 Å². The molecule has 10 N–H and O–H groups in total. The standard InChI is InChI=1S/C29H35N7O6/c1-36(14-23(38)25(40)26(41)24(39)15-37)29-33-11-9-21(35-29)17-3-5-18(6-4-17)28(42)32-10-8-16-2-7-22-19(12-16)20(13-34-22)27(30)31/h2-7,9,11-13,23-26,34,37-41H,8,10,14-15H2,1H3,(H3,30,31)(H,32,42)/t23-,24+,25+,26+/m0/s1. The maximum absolute atomic E-state index is 12.7. The lowest BCUT2D eigenvalue weighted by atomic mass is 10.0. The Hall–Kier alpha value is -4.40. The number of carbonyl (C=O) groups excluding carboxylic acids is 1. The minimum Gasteiger partial charge on any atom is -0.394 e. The fourth-order valence-electron chi connectivity index (χ4n) is 4.49. The summed E-state index contributed by atoms with van der Waals surface area (Å²) in [7, 11) is 1.59. The van der Waals surface area contributed by atoms with E-state index in [0.29, 0.717) is 29.8 Å². The monoisotopic (exact) mass is 577 g/mol. The molecule has 0 bridgehead atoms. The van der Waals surface area contributed by atoms with Crippen LogP contribution in [0.25, 0.3) is 22.2 Å². The molecule has 0 aliphatic heterocycles. The summed E-state index contributed by atoms with van der Waals surface area (Å²) in [5.41, 5.74) is 9.96. The number of aromatic amines is 1. The van der Waals surface area contributed by atoms with Crippen molar-refractivity contribution >= 4 is 28.6 Å². The van der Waals surface area contributed by atoms with Gasteiger partial charge in [0.2, 0.25) is 5.95 Å². The van der Waals surface area contributed by atoms with Gasteiger partial charge in [-0.2, -0.15) is 0 Å². The van der Waals surface area contributed by atoms with Crippen LogP contribution in [0.2, 0.25) is 0 Å². The highest BCUT2D eigenvalue weighted by Crippen LogP contribution is 2.21. The summed E-state index contributed by atoms with van der Waals surface area (Å²) < 4.78 is 0. The number of likely N-dealkylation sites (N-methyl/N-ethyl adjacent to an activating group) is 1. The first kappa shape index (κ1) is 30.6. The van der Waals surface area contributed by atoms with Gasteiger partial charge < -0.3 is 46.5 Å². The van der Waals surface area contributed by atoms with E-state index in [1.807, 2.05) is 18.2 Å². The molecule has 4 atom stereocenters. The summed E-state index contributed by atoms with van der Waals surface area (Å²) >= 11 is 0. The SMILES string of the molecule is CN(C[C@H](O)[C@@H](O)[C@H](O)[C@H](O)CO)c1nccc(-c2ccc(C(=O)NCCc3ccc4[nH]cc(C(=N)N)c4c3)cc2)n1. The number of nitrogens with one attached hydrogen (secondary N) is 3. The summed E-state index contributed by atoms with van der Waals surface area (Å²) in [5.74, 6) is 0.00966. The molecule has 0 aliphatic carbocycles.